The largest absolute Gasteiger partial charge is 0.467 e. The van der Waals surface area contributed by atoms with Crippen molar-refractivity contribution in [3.63, 3.8) is 0 Å². The lowest BCUT2D eigenvalue weighted by atomic mass is 10.0. The van der Waals surface area contributed by atoms with Crippen LogP contribution in [0.15, 0.2) is 42.5 Å². The van der Waals surface area contributed by atoms with Gasteiger partial charge in [0.25, 0.3) is 5.91 Å². The van der Waals surface area contributed by atoms with Crippen LogP contribution < -0.4 is 10.6 Å². The van der Waals surface area contributed by atoms with Gasteiger partial charge in [0.05, 0.1) is 27.6 Å². The SMILES string of the molecule is COC(=O)C(Cc1ccc(NC(=O)c2c(Cl)cccc2Cl)cc1)NC(=O)C1CSC(C)(C)N1C(=O)OC(C)(C)C. The zero-order valence-electron chi connectivity index (χ0n) is 23.2. The minimum Gasteiger partial charge on any atom is -0.467 e. The number of methoxy groups -OCH3 is 1. The molecule has 1 saturated heterocycles. The fourth-order valence-corrected chi connectivity index (χ4v) is 5.90. The second-order valence-electron chi connectivity index (χ2n) is 10.7. The molecule has 2 atom stereocenters. The molecule has 0 aromatic heterocycles. The summed E-state index contributed by atoms with van der Waals surface area (Å²) < 4.78 is 10.5. The van der Waals surface area contributed by atoms with E-state index >= 15 is 0 Å². The van der Waals surface area contributed by atoms with E-state index in [-0.39, 0.29) is 22.0 Å². The molecule has 1 aliphatic rings. The van der Waals surface area contributed by atoms with Crippen LogP contribution in [-0.4, -0.2) is 64.2 Å². The maximum Gasteiger partial charge on any atom is 0.412 e. The van der Waals surface area contributed by atoms with Gasteiger partial charge in [0.2, 0.25) is 5.91 Å². The van der Waals surface area contributed by atoms with E-state index in [4.69, 9.17) is 32.7 Å². The Hall–Kier alpha value is -2.95. The fraction of sp³-hybridized carbons (Fsp3) is 0.429. The van der Waals surface area contributed by atoms with E-state index in [2.05, 4.69) is 10.6 Å². The lowest BCUT2D eigenvalue weighted by molar-refractivity contribution is -0.145. The predicted molar refractivity (Wildman–Crippen MR) is 157 cm³/mol. The number of thioether (sulfide) groups is 1. The molecule has 2 aromatic carbocycles. The number of anilines is 1. The van der Waals surface area contributed by atoms with Gasteiger partial charge in [-0.2, -0.15) is 0 Å². The van der Waals surface area contributed by atoms with Gasteiger partial charge in [0.15, 0.2) is 0 Å². The summed E-state index contributed by atoms with van der Waals surface area (Å²) in [6.45, 7) is 8.95. The molecule has 0 aliphatic carbocycles. The Labute approximate surface area is 248 Å². The van der Waals surface area contributed by atoms with Crippen molar-refractivity contribution in [3.8, 4) is 0 Å². The summed E-state index contributed by atoms with van der Waals surface area (Å²) in [5.74, 6) is -1.24. The molecule has 9 nitrogen and oxygen atoms in total. The van der Waals surface area contributed by atoms with E-state index in [9.17, 15) is 19.2 Å². The highest BCUT2D eigenvalue weighted by Gasteiger charge is 2.48. The summed E-state index contributed by atoms with van der Waals surface area (Å²) in [6, 6.07) is 9.71. The first-order valence-electron chi connectivity index (χ1n) is 12.5. The number of halogens is 2. The number of esters is 1. The van der Waals surface area contributed by atoms with Crippen molar-refractivity contribution >= 4 is 64.5 Å². The van der Waals surface area contributed by atoms with Crippen LogP contribution in [0.1, 0.15) is 50.5 Å². The Morgan fingerprint density at radius 2 is 1.68 bits per heavy atom. The lowest BCUT2D eigenvalue weighted by Crippen LogP contribution is -2.56. The number of benzene rings is 2. The van der Waals surface area contributed by atoms with Gasteiger partial charge in [-0.25, -0.2) is 9.59 Å². The average Bonchev–Trinajstić information content (AvgIpc) is 3.18. The molecule has 1 aliphatic heterocycles. The van der Waals surface area contributed by atoms with Gasteiger partial charge in [-0.3, -0.25) is 14.5 Å². The third kappa shape index (κ3) is 7.83. The predicted octanol–water partition coefficient (Wildman–Crippen LogP) is 5.53. The molecular formula is C28H33Cl2N3O6S. The van der Waals surface area contributed by atoms with Crippen molar-refractivity contribution in [3.05, 3.63) is 63.6 Å². The highest BCUT2D eigenvalue weighted by molar-refractivity contribution is 8.00. The van der Waals surface area contributed by atoms with Crippen LogP contribution in [0.3, 0.4) is 0 Å². The van der Waals surface area contributed by atoms with Crippen molar-refractivity contribution in [2.24, 2.45) is 0 Å². The van der Waals surface area contributed by atoms with Crippen LogP contribution in [0.25, 0.3) is 0 Å². The molecular weight excluding hydrogens is 577 g/mol. The first-order chi connectivity index (χ1) is 18.6. The minimum absolute atomic E-state index is 0.124. The first-order valence-corrected chi connectivity index (χ1v) is 14.3. The van der Waals surface area contributed by atoms with Crippen LogP contribution in [0, 0.1) is 0 Å². The van der Waals surface area contributed by atoms with Gasteiger partial charge in [-0.05, 0) is 64.4 Å². The zero-order valence-corrected chi connectivity index (χ0v) is 25.5. The zero-order chi connectivity index (χ0) is 29.8. The number of hydrogen-bond acceptors (Lipinski definition) is 7. The monoisotopic (exact) mass is 609 g/mol. The van der Waals surface area contributed by atoms with Gasteiger partial charge in [-0.1, -0.05) is 41.4 Å². The molecule has 216 valence electrons. The second-order valence-corrected chi connectivity index (χ2v) is 13.1. The Balaban J connectivity index is 1.71. The molecule has 2 aromatic rings. The number of carbonyl (C=O) groups excluding carboxylic acids is 4. The van der Waals surface area contributed by atoms with E-state index in [1.807, 2.05) is 13.8 Å². The number of rotatable bonds is 7. The highest BCUT2D eigenvalue weighted by atomic mass is 35.5. The van der Waals surface area contributed by atoms with Crippen LogP contribution in [0.4, 0.5) is 10.5 Å². The second kappa shape index (κ2) is 12.7. The number of nitrogens with zero attached hydrogens (tertiary/aromatic N) is 1. The highest BCUT2D eigenvalue weighted by Crippen LogP contribution is 2.40. The molecule has 2 N–H and O–H groups in total. The molecule has 0 bridgehead atoms. The summed E-state index contributed by atoms with van der Waals surface area (Å²) in [7, 11) is 1.24. The van der Waals surface area contributed by atoms with Gasteiger partial charge in [0.1, 0.15) is 17.7 Å². The standard InChI is InChI=1S/C28H33Cl2N3O6S/c1-27(2,3)39-26(37)33-21(15-40-28(33,4)5)23(34)32-20(25(36)38-6)14-16-10-12-17(13-11-16)31-24(35)22-18(29)8-7-9-19(22)30/h7-13,20-21H,14-15H2,1-6H3,(H,31,35)(H,32,34). The minimum atomic E-state index is -1.01. The lowest BCUT2D eigenvalue weighted by Gasteiger charge is -2.35. The van der Waals surface area contributed by atoms with E-state index < -0.39 is 46.4 Å². The quantitative estimate of drug-likeness (QED) is 0.396. The van der Waals surface area contributed by atoms with Gasteiger partial charge >= 0.3 is 12.1 Å². The summed E-state index contributed by atoms with van der Waals surface area (Å²) >= 11 is 13.7. The summed E-state index contributed by atoms with van der Waals surface area (Å²) in [5.41, 5.74) is 0.620. The van der Waals surface area contributed by atoms with E-state index in [1.165, 1.54) is 23.8 Å². The van der Waals surface area contributed by atoms with Crippen molar-refractivity contribution in [1.82, 2.24) is 10.2 Å². The number of amides is 3. The van der Waals surface area contributed by atoms with Crippen LogP contribution >= 0.6 is 35.0 Å². The maximum absolute atomic E-state index is 13.3. The molecule has 0 saturated carbocycles. The van der Waals surface area contributed by atoms with Crippen LogP contribution in [0.2, 0.25) is 10.0 Å². The van der Waals surface area contributed by atoms with Crippen LogP contribution in [-0.2, 0) is 25.5 Å². The third-order valence-electron chi connectivity index (χ3n) is 6.02. The Kier molecular flexibility index (Phi) is 10.0. The van der Waals surface area contributed by atoms with E-state index in [0.717, 1.165) is 0 Å². The number of nitrogens with one attached hydrogen (secondary N) is 2. The number of carbonyl (C=O) groups is 4. The molecule has 0 spiro atoms. The molecule has 1 fully saturated rings. The normalized spacial score (nSPS) is 17.1. The fourth-order valence-electron chi connectivity index (χ4n) is 4.13. The molecule has 3 rings (SSSR count). The van der Waals surface area contributed by atoms with Crippen molar-refractivity contribution in [2.75, 3.05) is 18.2 Å². The summed E-state index contributed by atoms with van der Waals surface area (Å²) in [5, 5.41) is 5.95. The van der Waals surface area contributed by atoms with Gasteiger partial charge < -0.3 is 20.1 Å². The molecule has 12 heteroatoms. The van der Waals surface area contributed by atoms with Crippen molar-refractivity contribution in [1.29, 1.82) is 0 Å². The molecule has 40 heavy (non-hydrogen) atoms. The Bertz CT molecular complexity index is 1260. The first kappa shape index (κ1) is 31.6. The molecule has 0 radical (unpaired) electrons. The molecule has 3 amide bonds. The van der Waals surface area contributed by atoms with Crippen molar-refractivity contribution in [2.45, 2.75) is 63.6 Å². The van der Waals surface area contributed by atoms with Crippen molar-refractivity contribution < 1.29 is 28.7 Å². The average molecular weight is 611 g/mol. The van der Waals surface area contributed by atoms with E-state index in [0.29, 0.717) is 17.0 Å². The topological polar surface area (TPSA) is 114 Å². The number of ether oxygens (including phenoxy) is 2. The summed E-state index contributed by atoms with van der Waals surface area (Å²) in [4.78, 5) is 52.3. The molecule has 2 unspecified atom stereocenters. The summed E-state index contributed by atoms with van der Waals surface area (Å²) in [6.07, 6.45) is -0.480. The van der Waals surface area contributed by atoms with Gasteiger partial charge in [-0.15, -0.1) is 11.8 Å². The maximum atomic E-state index is 13.3. The Morgan fingerprint density at radius 3 is 2.23 bits per heavy atom. The number of hydrogen-bond donors (Lipinski definition) is 2. The third-order valence-corrected chi connectivity index (χ3v) is 8.04. The van der Waals surface area contributed by atoms with Crippen LogP contribution in [0.5, 0.6) is 0 Å². The van der Waals surface area contributed by atoms with E-state index in [1.54, 1.807) is 63.2 Å². The smallest absolute Gasteiger partial charge is 0.412 e. The Morgan fingerprint density at radius 1 is 1.07 bits per heavy atom. The van der Waals surface area contributed by atoms with Gasteiger partial charge in [0, 0.05) is 17.9 Å². The molecule has 1 heterocycles.